The van der Waals surface area contributed by atoms with Gasteiger partial charge in [-0.15, -0.1) is 11.3 Å². The number of hydrogen-bond donors (Lipinski definition) is 1. The van der Waals surface area contributed by atoms with Gasteiger partial charge < -0.3 is 19.7 Å². The molecule has 0 spiro atoms. The van der Waals surface area contributed by atoms with E-state index in [0.717, 1.165) is 59.5 Å². The van der Waals surface area contributed by atoms with Crippen molar-refractivity contribution >= 4 is 40.2 Å². The molecule has 4 aromatic rings. The molecule has 0 radical (unpaired) electrons. The van der Waals surface area contributed by atoms with Crippen LogP contribution in [0.25, 0.3) is 10.4 Å². The standard InChI is InChI=1S/C28H29N5O2S/c1-19-6-4-8-25(29-19)33-15-13-32(14-16-33)22-11-9-21(10-12-22)30-28(35)27(34)26-23(18-20(2)31(26)3)24-7-5-17-36-24/h4-12,17-18H,13-16H2,1-3H3,(H,30,35). The Kier molecular flexibility index (Phi) is 6.61. The Morgan fingerprint density at radius 2 is 1.64 bits per heavy atom. The van der Waals surface area contributed by atoms with Crippen molar-refractivity contribution in [3.8, 4) is 10.4 Å². The molecule has 0 unspecified atom stereocenters. The van der Waals surface area contributed by atoms with Crippen LogP contribution in [0.1, 0.15) is 21.9 Å². The van der Waals surface area contributed by atoms with E-state index >= 15 is 0 Å². The second kappa shape index (κ2) is 9.99. The molecule has 4 heterocycles. The number of Topliss-reactive ketones (excluding diaryl/α,β-unsaturated/α-hetero) is 1. The predicted octanol–water partition coefficient (Wildman–Crippen LogP) is 4.91. The number of pyridine rings is 1. The van der Waals surface area contributed by atoms with Crippen molar-refractivity contribution in [2.45, 2.75) is 13.8 Å². The Labute approximate surface area is 215 Å². The summed E-state index contributed by atoms with van der Waals surface area (Å²) in [5, 5.41) is 4.74. The van der Waals surface area contributed by atoms with Crippen LogP contribution in [0.2, 0.25) is 0 Å². The van der Waals surface area contributed by atoms with Crippen LogP contribution in [-0.4, -0.2) is 47.4 Å². The van der Waals surface area contributed by atoms with Crippen LogP contribution in [0, 0.1) is 13.8 Å². The van der Waals surface area contributed by atoms with Crippen molar-refractivity contribution in [1.29, 1.82) is 0 Å². The van der Waals surface area contributed by atoms with Gasteiger partial charge >= 0.3 is 0 Å². The number of nitrogens with one attached hydrogen (secondary N) is 1. The smallest absolute Gasteiger partial charge is 0.298 e. The Morgan fingerprint density at radius 3 is 2.31 bits per heavy atom. The second-order valence-corrected chi connectivity index (χ2v) is 9.97. The summed E-state index contributed by atoms with van der Waals surface area (Å²) in [5.74, 6) is -0.159. The third-order valence-electron chi connectivity index (χ3n) is 6.65. The summed E-state index contributed by atoms with van der Waals surface area (Å²) in [6.45, 7) is 7.51. The number of nitrogens with zero attached hydrogens (tertiary/aromatic N) is 4. The highest BCUT2D eigenvalue weighted by Gasteiger charge is 2.25. The lowest BCUT2D eigenvalue weighted by molar-refractivity contribution is -0.112. The van der Waals surface area contributed by atoms with Crippen LogP contribution >= 0.6 is 11.3 Å². The van der Waals surface area contributed by atoms with Gasteiger partial charge in [0.2, 0.25) is 0 Å². The van der Waals surface area contributed by atoms with Gasteiger partial charge in [0, 0.05) is 66.4 Å². The maximum absolute atomic E-state index is 13.1. The Hall–Kier alpha value is -3.91. The summed E-state index contributed by atoms with van der Waals surface area (Å²) < 4.78 is 1.78. The number of piperazine rings is 1. The molecular formula is C28H29N5O2S. The number of amides is 1. The molecule has 1 aromatic carbocycles. The molecule has 184 valence electrons. The maximum atomic E-state index is 13.1. The maximum Gasteiger partial charge on any atom is 0.298 e. The molecule has 0 atom stereocenters. The van der Waals surface area contributed by atoms with Gasteiger partial charge in [0.15, 0.2) is 0 Å². The minimum atomic E-state index is -0.638. The van der Waals surface area contributed by atoms with Gasteiger partial charge in [-0.25, -0.2) is 4.98 Å². The summed E-state index contributed by atoms with van der Waals surface area (Å²) in [5.41, 5.74) is 4.84. The zero-order valence-corrected chi connectivity index (χ0v) is 21.5. The molecule has 1 fully saturated rings. The zero-order valence-electron chi connectivity index (χ0n) is 20.7. The molecular weight excluding hydrogens is 470 g/mol. The molecule has 5 rings (SSSR count). The number of anilines is 3. The average molecular weight is 500 g/mol. The largest absolute Gasteiger partial charge is 0.368 e. The number of rotatable bonds is 6. The highest BCUT2D eigenvalue weighted by Crippen LogP contribution is 2.31. The first-order chi connectivity index (χ1) is 17.4. The van der Waals surface area contributed by atoms with Crippen LogP contribution in [0.5, 0.6) is 0 Å². The van der Waals surface area contributed by atoms with Crippen molar-refractivity contribution in [1.82, 2.24) is 9.55 Å². The normalized spacial score (nSPS) is 13.6. The van der Waals surface area contributed by atoms with Crippen LogP contribution in [0.4, 0.5) is 17.2 Å². The van der Waals surface area contributed by atoms with Crippen LogP contribution in [0.3, 0.4) is 0 Å². The molecule has 8 heteroatoms. The van der Waals surface area contributed by atoms with Crippen LogP contribution < -0.4 is 15.1 Å². The number of aromatic nitrogens is 2. The fourth-order valence-corrected chi connectivity index (χ4v) is 5.32. The quantitative estimate of drug-likeness (QED) is 0.301. The molecule has 0 aliphatic carbocycles. The summed E-state index contributed by atoms with van der Waals surface area (Å²) in [6, 6.07) is 19.7. The van der Waals surface area contributed by atoms with Crippen LogP contribution in [-0.2, 0) is 11.8 Å². The van der Waals surface area contributed by atoms with Gasteiger partial charge in [0.1, 0.15) is 11.5 Å². The third-order valence-corrected chi connectivity index (χ3v) is 7.55. The molecule has 0 bridgehead atoms. The lowest BCUT2D eigenvalue weighted by Gasteiger charge is -2.36. The van der Waals surface area contributed by atoms with E-state index < -0.39 is 11.7 Å². The number of carbonyl (C=O) groups is 2. The Bertz CT molecular complexity index is 1380. The lowest BCUT2D eigenvalue weighted by Crippen LogP contribution is -2.46. The third kappa shape index (κ3) is 4.77. The summed E-state index contributed by atoms with van der Waals surface area (Å²) in [4.78, 5) is 36.3. The minimum absolute atomic E-state index is 0.407. The minimum Gasteiger partial charge on any atom is -0.368 e. The van der Waals surface area contributed by atoms with E-state index in [9.17, 15) is 9.59 Å². The number of hydrogen-bond acceptors (Lipinski definition) is 6. The van der Waals surface area contributed by atoms with E-state index in [-0.39, 0.29) is 0 Å². The highest BCUT2D eigenvalue weighted by molar-refractivity contribution is 7.13. The fraction of sp³-hybridized carbons (Fsp3) is 0.250. The van der Waals surface area contributed by atoms with E-state index in [2.05, 4.69) is 26.2 Å². The van der Waals surface area contributed by atoms with E-state index in [0.29, 0.717) is 11.4 Å². The van der Waals surface area contributed by atoms with Gasteiger partial charge in [-0.3, -0.25) is 9.59 Å². The SMILES string of the molecule is Cc1cccc(N2CCN(c3ccc(NC(=O)C(=O)c4c(-c5cccs5)cc(C)n4C)cc3)CC2)n1. The molecule has 1 saturated heterocycles. The number of aryl methyl sites for hydroxylation is 2. The number of carbonyl (C=O) groups excluding carboxylic acids is 2. The Morgan fingerprint density at radius 1 is 0.917 bits per heavy atom. The molecule has 1 aliphatic rings. The van der Waals surface area contributed by atoms with E-state index in [1.165, 1.54) is 0 Å². The molecule has 7 nitrogen and oxygen atoms in total. The number of thiophene rings is 1. The van der Waals surface area contributed by atoms with Gasteiger partial charge in [0.25, 0.3) is 11.7 Å². The van der Waals surface area contributed by atoms with Gasteiger partial charge in [-0.1, -0.05) is 12.1 Å². The van der Waals surface area contributed by atoms with Crippen molar-refractivity contribution in [3.05, 3.63) is 83.1 Å². The van der Waals surface area contributed by atoms with E-state index in [1.807, 2.05) is 80.9 Å². The van der Waals surface area contributed by atoms with Gasteiger partial charge in [-0.2, -0.15) is 0 Å². The molecule has 1 amide bonds. The topological polar surface area (TPSA) is 70.5 Å². The number of ketones is 1. The van der Waals surface area contributed by atoms with Crippen molar-refractivity contribution in [2.75, 3.05) is 41.3 Å². The number of benzene rings is 1. The summed E-state index contributed by atoms with van der Waals surface area (Å²) in [7, 11) is 1.82. The zero-order chi connectivity index (χ0) is 25.2. The van der Waals surface area contributed by atoms with Gasteiger partial charge in [0.05, 0.1) is 0 Å². The first-order valence-electron chi connectivity index (χ1n) is 12.0. The predicted molar refractivity (Wildman–Crippen MR) is 146 cm³/mol. The summed E-state index contributed by atoms with van der Waals surface area (Å²) in [6.07, 6.45) is 0. The van der Waals surface area contributed by atoms with E-state index in [1.54, 1.807) is 15.9 Å². The average Bonchev–Trinajstić information content (AvgIpc) is 3.52. The van der Waals surface area contributed by atoms with Crippen LogP contribution in [0.15, 0.2) is 66.0 Å². The highest BCUT2D eigenvalue weighted by atomic mass is 32.1. The molecule has 1 N–H and O–H groups in total. The van der Waals surface area contributed by atoms with E-state index in [4.69, 9.17) is 0 Å². The molecule has 3 aromatic heterocycles. The lowest BCUT2D eigenvalue weighted by atomic mass is 10.1. The molecule has 36 heavy (non-hydrogen) atoms. The first-order valence-corrected chi connectivity index (χ1v) is 12.9. The van der Waals surface area contributed by atoms with Crippen molar-refractivity contribution < 1.29 is 9.59 Å². The molecule has 0 saturated carbocycles. The molecule has 1 aliphatic heterocycles. The van der Waals surface area contributed by atoms with Crippen molar-refractivity contribution in [2.24, 2.45) is 7.05 Å². The van der Waals surface area contributed by atoms with Gasteiger partial charge in [-0.05, 0) is 67.8 Å². The Balaban J connectivity index is 1.23. The van der Waals surface area contributed by atoms with Crippen molar-refractivity contribution in [3.63, 3.8) is 0 Å². The summed E-state index contributed by atoms with van der Waals surface area (Å²) >= 11 is 1.55. The monoisotopic (exact) mass is 499 g/mol. The fourth-order valence-electron chi connectivity index (χ4n) is 4.57. The first kappa shape index (κ1) is 23.8. The second-order valence-electron chi connectivity index (χ2n) is 9.03.